The Morgan fingerprint density at radius 1 is 1.13 bits per heavy atom. The summed E-state index contributed by atoms with van der Waals surface area (Å²) >= 11 is 0. The maximum atomic E-state index is 11.7. The Labute approximate surface area is 135 Å². The number of rotatable bonds is 4. The zero-order chi connectivity index (χ0) is 15.6. The molecule has 0 fully saturated rings. The maximum absolute atomic E-state index is 11.7. The smallest absolute Gasteiger partial charge is 0.251 e. The van der Waals surface area contributed by atoms with Gasteiger partial charge in [-0.2, -0.15) is 0 Å². The molecule has 0 spiro atoms. The molecule has 0 aromatic heterocycles. The van der Waals surface area contributed by atoms with E-state index in [2.05, 4.69) is 28.8 Å². The van der Waals surface area contributed by atoms with Gasteiger partial charge in [0.2, 0.25) is 0 Å². The van der Waals surface area contributed by atoms with E-state index in [-0.39, 0.29) is 5.91 Å². The molecule has 0 saturated heterocycles. The number of hydrogen-bond acceptors (Lipinski definition) is 3. The number of amides is 1. The number of hydrogen-bond donors (Lipinski definition) is 2. The maximum Gasteiger partial charge on any atom is 0.251 e. The first-order chi connectivity index (χ1) is 11.3. The predicted molar refractivity (Wildman–Crippen MR) is 89.2 cm³/mol. The largest absolute Gasteiger partial charge is 0.489 e. The van der Waals surface area contributed by atoms with Crippen LogP contribution in [0.4, 0.5) is 0 Å². The molecular weight excluding hydrogens is 288 g/mol. The van der Waals surface area contributed by atoms with Gasteiger partial charge < -0.3 is 15.4 Å². The SMILES string of the molecule is O=C1NCc2ccc(CNCC3=Cc4ccccc4OC3)cc21. The molecule has 0 bridgehead atoms. The molecule has 2 aliphatic rings. The molecule has 4 rings (SSSR count). The number of benzene rings is 2. The molecular formula is C19H18N2O2. The van der Waals surface area contributed by atoms with Gasteiger partial charge in [-0.3, -0.25) is 4.79 Å². The Bertz CT molecular complexity index is 796. The van der Waals surface area contributed by atoms with Crippen molar-refractivity contribution in [1.82, 2.24) is 10.6 Å². The third kappa shape index (κ3) is 2.85. The number of ether oxygens (including phenoxy) is 1. The van der Waals surface area contributed by atoms with Gasteiger partial charge in [0, 0.05) is 30.8 Å². The van der Waals surface area contributed by atoms with Crippen molar-refractivity contribution in [1.29, 1.82) is 0 Å². The van der Waals surface area contributed by atoms with E-state index in [0.29, 0.717) is 13.2 Å². The molecule has 4 nitrogen and oxygen atoms in total. The van der Waals surface area contributed by atoms with E-state index < -0.39 is 0 Å². The van der Waals surface area contributed by atoms with Crippen molar-refractivity contribution in [3.05, 3.63) is 70.3 Å². The van der Waals surface area contributed by atoms with Crippen LogP contribution in [0.25, 0.3) is 6.08 Å². The van der Waals surface area contributed by atoms with E-state index in [1.807, 2.05) is 30.3 Å². The highest BCUT2D eigenvalue weighted by atomic mass is 16.5. The molecule has 0 saturated carbocycles. The van der Waals surface area contributed by atoms with Crippen molar-refractivity contribution in [2.45, 2.75) is 13.1 Å². The number of fused-ring (bicyclic) bond motifs is 2. The summed E-state index contributed by atoms with van der Waals surface area (Å²) in [5.74, 6) is 0.975. The molecule has 4 heteroatoms. The van der Waals surface area contributed by atoms with Crippen LogP contribution in [0.2, 0.25) is 0 Å². The summed E-state index contributed by atoms with van der Waals surface area (Å²) < 4.78 is 5.75. The quantitative estimate of drug-likeness (QED) is 0.912. The molecule has 0 radical (unpaired) electrons. The van der Waals surface area contributed by atoms with Crippen LogP contribution >= 0.6 is 0 Å². The fourth-order valence-electron chi connectivity index (χ4n) is 3.00. The molecule has 2 aromatic carbocycles. The van der Waals surface area contributed by atoms with Crippen LogP contribution in [0.15, 0.2) is 48.0 Å². The van der Waals surface area contributed by atoms with Crippen molar-refractivity contribution >= 4 is 12.0 Å². The van der Waals surface area contributed by atoms with Gasteiger partial charge in [0.25, 0.3) is 5.91 Å². The third-order valence-corrected chi connectivity index (χ3v) is 4.23. The fourth-order valence-corrected chi connectivity index (χ4v) is 3.00. The van der Waals surface area contributed by atoms with Crippen LogP contribution in [0.5, 0.6) is 5.75 Å². The molecule has 116 valence electrons. The Kier molecular flexibility index (Phi) is 3.60. The summed E-state index contributed by atoms with van der Waals surface area (Å²) in [7, 11) is 0. The molecule has 0 unspecified atom stereocenters. The zero-order valence-electron chi connectivity index (χ0n) is 12.8. The lowest BCUT2D eigenvalue weighted by Gasteiger charge is -2.18. The minimum absolute atomic E-state index is 0.0295. The predicted octanol–water partition coefficient (Wildman–Crippen LogP) is 2.50. The van der Waals surface area contributed by atoms with Crippen molar-refractivity contribution in [3.8, 4) is 5.75 Å². The van der Waals surface area contributed by atoms with Crippen LogP contribution in [0, 0.1) is 0 Å². The van der Waals surface area contributed by atoms with E-state index in [0.717, 1.165) is 41.1 Å². The van der Waals surface area contributed by atoms with Gasteiger partial charge in [-0.05, 0) is 34.9 Å². The fraction of sp³-hybridized carbons (Fsp3) is 0.211. The van der Waals surface area contributed by atoms with Crippen LogP contribution in [0.3, 0.4) is 0 Å². The van der Waals surface area contributed by atoms with E-state index in [1.54, 1.807) is 0 Å². The molecule has 2 aromatic rings. The van der Waals surface area contributed by atoms with Gasteiger partial charge in [-0.15, -0.1) is 0 Å². The number of carbonyl (C=O) groups excluding carboxylic acids is 1. The average molecular weight is 306 g/mol. The highest BCUT2D eigenvalue weighted by Crippen LogP contribution is 2.25. The summed E-state index contributed by atoms with van der Waals surface area (Å²) in [6.45, 7) is 2.78. The number of nitrogens with one attached hydrogen (secondary N) is 2. The molecule has 0 atom stereocenters. The Balaban J connectivity index is 1.39. The van der Waals surface area contributed by atoms with Gasteiger partial charge in [0.15, 0.2) is 0 Å². The first kappa shape index (κ1) is 14.0. The first-order valence-electron chi connectivity index (χ1n) is 7.81. The topological polar surface area (TPSA) is 50.4 Å². The monoisotopic (exact) mass is 306 g/mol. The molecule has 23 heavy (non-hydrogen) atoms. The van der Waals surface area contributed by atoms with E-state index >= 15 is 0 Å². The van der Waals surface area contributed by atoms with Crippen molar-refractivity contribution in [3.63, 3.8) is 0 Å². The summed E-state index contributed by atoms with van der Waals surface area (Å²) in [5, 5.41) is 6.27. The summed E-state index contributed by atoms with van der Waals surface area (Å²) in [6, 6.07) is 14.1. The van der Waals surface area contributed by atoms with Gasteiger partial charge in [0.05, 0.1) is 0 Å². The minimum atomic E-state index is 0.0295. The summed E-state index contributed by atoms with van der Waals surface area (Å²) in [6.07, 6.45) is 2.18. The second-order valence-corrected chi connectivity index (χ2v) is 5.91. The van der Waals surface area contributed by atoms with E-state index in [4.69, 9.17) is 4.74 Å². The van der Waals surface area contributed by atoms with Crippen molar-refractivity contribution in [2.75, 3.05) is 13.2 Å². The lowest BCUT2D eigenvalue weighted by atomic mass is 10.1. The van der Waals surface area contributed by atoms with Crippen LogP contribution in [-0.2, 0) is 13.1 Å². The van der Waals surface area contributed by atoms with Crippen LogP contribution < -0.4 is 15.4 Å². The number of para-hydroxylation sites is 1. The average Bonchev–Trinajstić information content (AvgIpc) is 2.96. The van der Waals surface area contributed by atoms with E-state index in [9.17, 15) is 4.79 Å². The zero-order valence-corrected chi connectivity index (χ0v) is 12.8. The lowest BCUT2D eigenvalue weighted by Crippen LogP contribution is -2.21. The molecule has 1 amide bonds. The van der Waals surface area contributed by atoms with Gasteiger partial charge in [0.1, 0.15) is 12.4 Å². The molecule has 2 aliphatic heterocycles. The summed E-state index contributed by atoms with van der Waals surface area (Å²) in [4.78, 5) is 11.7. The minimum Gasteiger partial charge on any atom is -0.489 e. The van der Waals surface area contributed by atoms with Gasteiger partial charge in [-0.25, -0.2) is 0 Å². The second-order valence-electron chi connectivity index (χ2n) is 5.91. The number of carbonyl (C=O) groups is 1. The van der Waals surface area contributed by atoms with Gasteiger partial charge >= 0.3 is 0 Å². The van der Waals surface area contributed by atoms with Crippen molar-refractivity contribution in [2.24, 2.45) is 0 Å². The van der Waals surface area contributed by atoms with Crippen LogP contribution in [-0.4, -0.2) is 19.1 Å². The van der Waals surface area contributed by atoms with Crippen LogP contribution in [0.1, 0.15) is 27.0 Å². The Hall–Kier alpha value is -2.59. The first-order valence-corrected chi connectivity index (χ1v) is 7.81. The lowest BCUT2D eigenvalue weighted by molar-refractivity contribution is 0.0965. The highest BCUT2D eigenvalue weighted by Gasteiger charge is 2.18. The Morgan fingerprint density at radius 2 is 2.04 bits per heavy atom. The van der Waals surface area contributed by atoms with E-state index in [1.165, 1.54) is 5.57 Å². The standard InChI is InChI=1S/C19H18N2O2/c22-19-17-8-13(5-6-16(17)11-21-19)9-20-10-14-7-15-3-1-2-4-18(15)23-12-14/h1-8,20H,9-12H2,(H,21,22). The molecule has 2 heterocycles. The second kappa shape index (κ2) is 5.89. The normalized spacial score (nSPS) is 15.3. The van der Waals surface area contributed by atoms with Gasteiger partial charge in [-0.1, -0.05) is 30.3 Å². The Morgan fingerprint density at radius 3 is 3.00 bits per heavy atom. The third-order valence-electron chi connectivity index (χ3n) is 4.23. The highest BCUT2D eigenvalue weighted by molar-refractivity contribution is 5.98. The summed E-state index contributed by atoms with van der Waals surface area (Å²) in [5.41, 5.74) is 5.36. The van der Waals surface area contributed by atoms with Crippen molar-refractivity contribution < 1.29 is 9.53 Å². The molecule has 0 aliphatic carbocycles. The molecule has 2 N–H and O–H groups in total.